The van der Waals surface area contributed by atoms with E-state index in [0.717, 1.165) is 16.5 Å². The van der Waals surface area contributed by atoms with Gasteiger partial charge in [-0.1, -0.05) is 30.3 Å². The number of anilines is 1. The Kier molecular flexibility index (Phi) is 6.37. The summed E-state index contributed by atoms with van der Waals surface area (Å²) in [5, 5.41) is 13.6. The number of rotatable bonds is 5. The highest BCUT2D eigenvalue weighted by molar-refractivity contribution is 5.98. The topological polar surface area (TPSA) is 91.8 Å². The van der Waals surface area contributed by atoms with Gasteiger partial charge in [0.25, 0.3) is 0 Å². The predicted octanol–water partition coefficient (Wildman–Crippen LogP) is 3.89. The summed E-state index contributed by atoms with van der Waals surface area (Å²) in [6.45, 7) is 3.87. The maximum atomic E-state index is 12.6. The zero-order valence-electron chi connectivity index (χ0n) is 18.3. The SMILES string of the molecule is COC(=O)c1c(CN2CCC(C(=O)Nc3ccccc3O)CC2)nc2ccccc2c1C. The molecule has 2 heterocycles. The molecule has 1 aliphatic rings. The van der Waals surface area contributed by atoms with Gasteiger partial charge in [0.05, 0.1) is 29.6 Å². The van der Waals surface area contributed by atoms with Crippen molar-refractivity contribution < 1.29 is 19.4 Å². The van der Waals surface area contributed by atoms with Crippen molar-refractivity contribution in [2.45, 2.75) is 26.3 Å². The Hall–Kier alpha value is -3.45. The predicted molar refractivity (Wildman–Crippen MR) is 123 cm³/mol. The summed E-state index contributed by atoms with van der Waals surface area (Å²) in [5.74, 6) is -0.530. The summed E-state index contributed by atoms with van der Waals surface area (Å²) in [5.41, 5.74) is 3.37. The molecule has 0 atom stereocenters. The Morgan fingerprint density at radius 3 is 2.53 bits per heavy atom. The quantitative estimate of drug-likeness (QED) is 0.469. The second-order valence-electron chi connectivity index (χ2n) is 8.12. The first kappa shape index (κ1) is 21.8. The van der Waals surface area contributed by atoms with E-state index in [4.69, 9.17) is 9.72 Å². The highest BCUT2D eigenvalue weighted by Crippen LogP contribution is 2.28. The van der Waals surface area contributed by atoms with Crippen LogP contribution in [0.2, 0.25) is 0 Å². The normalized spacial score (nSPS) is 14.9. The third-order valence-corrected chi connectivity index (χ3v) is 6.11. The van der Waals surface area contributed by atoms with E-state index in [-0.39, 0.29) is 23.5 Å². The van der Waals surface area contributed by atoms with Gasteiger partial charge in [0, 0.05) is 17.8 Å². The first-order valence-electron chi connectivity index (χ1n) is 10.8. The molecule has 32 heavy (non-hydrogen) atoms. The average Bonchev–Trinajstić information content (AvgIpc) is 2.81. The molecule has 1 amide bonds. The van der Waals surface area contributed by atoms with Gasteiger partial charge in [-0.2, -0.15) is 0 Å². The molecule has 2 aromatic carbocycles. The number of nitrogens with zero attached hydrogens (tertiary/aromatic N) is 2. The summed E-state index contributed by atoms with van der Waals surface area (Å²) in [6, 6.07) is 14.5. The molecule has 7 nitrogen and oxygen atoms in total. The van der Waals surface area contributed by atoms with Crippen molar-refractivity contribution in [3.63, 3.8) is 0 Å². The van der Waals surface area contributed by atoms with Crippen LogP contribution in [0.1, 0.15) is 34.5 Å². The molecule has 1 saturated heterocycles. The van der Waals surface area contributed by atoms with Gasteiger partial charge in [-0.3, -0.25) is 14.7 Å². The van der Waals surface area contributed by atoms with Crippen molar-refractivity contribution in [1.82, 2.24) is 9.88 Å². The lowest BCUT2D eigenvalue weighted by atomic mass is 9.95. The number of carbonyl (C=O) groups excluding carboxylic acids is 2. The number of carbonyl (C=O) groups is 2. The van der Waals surface area contributed by atoms with E-state index >= 15 is 0 Å². The number of para-hydroxylation sites is 3. The van der Waals surface area contributed by atoms with E-state index < -0.39 is 0 Å². The molecule has 0 unspecified atom stereocenters. The number of phenolic OH excluding ortho intramolecular Hbond substituents is 1. The Balaban J connectivity index is 1.46. The molecular formula is C25H27N3O4. The number of phenols is 1. The first-order valence-corrected chi connectivity index (χ1v) is 10.8. The summed E-state index contributed by atoms with van der Waals surface area (Å²) >= 11 is 0. The van der Waals surface area contributed by atoms with Gasteiger partial charge in [0.15, 0.2) is 0 Å². The number of esters is 1. The van der Waals surface area contributed by atoms with Crippen molar-refractivity contribution in [1.29, 1.82) is 0 Å². The summed E-state index contributed by atoms with van der Waals surface area (Å²) < 4.78 is 5.04. The third-order valence-electron chi connectivity index (χ3n) is 6.11. The fourth-order valence-corrected chi connectivity index (χ4v) is 4.31. The lowest BCUT2D eigenvalue weighted by Crippen LogP contribution is -2.38. The summed E-state index contributed by atoms with van der Waals surface area (Å²) in [6.07, 6.45) is 1.39. The van der Waals surface area contributed by atoms with Crippen molar-refractivity contribution >= 4 is 28.5 Å². The molecule has 0 bridgehead atoms. The molecule has 0 radical (unpaired) electrons. The number of aromatic nitrogens is 1. The number of ether oxygens (including phenoxy) is 1. The fourth-order valence-electron chi connectivity index (χ4n) is 4.31. The van der Waals surface area contributed by atoms with Crippen LogP contribution >= 0.6 is 0 Å². The van der Waals surface area contributed by atoms with E-state index in [1.54, 1.807) is 24.3 Å². The number of pyridine rings is 1. The van der Waals surface area contributed by atoms with Crippen molar-refractivity contribution in [2.24, 2.45) is 5.92 Å². The Labute approximate surface area is 187 Å². The molecule has 166 valence electrons. The van der Waals surface area contributed by atoms with Crippen LogP contribution in [0.3, 0.4) is 0 Å². The van der Waals surface area contributed by atoms with Crippen molar-refractivity contribution in [3.8, 4) is 5.75 Å². The number of hydrogen-bond acceptors (Lipinski definition) is 6. The highest BCUT2D eigenvalue weighted by atomic mass is 16.5. The molecule has 1 fully saturated rings. The minimum absolute atomic E-state index is 0.0615. The van der Waals surface area contributed by atoms with Crippen LogP contribution < -0.4 is 5.32 Å². The maximum absolute atomic E-state index is 12.6. The number of benzene rings is 2. The number of aryl methyl sites for hydroxylation is 1. The maximum Gasteiger partial charge on any atom is 0.340 e. The highest BCUT2D eigenvalue weighted by Gasteiger charge is 2.27. The number of fused-ring (bicyclic) bond motifs is 1. The monoisotopic (exact) mass is 433 g/mol. The lowest BCUT2D eigenvalue weighted by Gasteiger charge is -2.31. The van der Waals surface area contributed by atoms with Gasteiger partial charge < -0.3 is 15.2 Å². The number of methoxy groups -OCH3 is 1. The van der Waals surface area contributed by atoms with Gasteiger partial charge in [-0.05, 0) is 56.6 Å². The molecule has 0 saturated carbocycles. The molecule has 7 heteroatoms. The number of amides is 1. The number of aromatic hydroxyl groups is 1. The van der Waals surface area contributed by atoms with E-state index in [1.165, 1.54) is 7.11 Å². The Bertz CT molecular complexity index is 1150. The number of hydrogen-bond donors (Lipinski definition) is 2. The van der Waals surface area contributed by atoms with Crippen molar-refractivity contribution in [3.05, 3.63) is 65.4 Å². The van der Waals surface area contributed by atoms with Crippen LogP contribution in [0.25, 0.3) is 10.9 Å². The van der Waals surface area contributed by atoms with Crippen LogP contribution in [-0.2, 0) is 16.1 Å². The summed E-state index contributed by atoms with van der Waals surface area (Å²) in [7, 11) is 1.38. The van der Waals surface area contributed by atoms with E-state index in [0.29, 0.717) is 49.4 Å². The summed E-state index contributed by atoms with van der Waals surface area (Å²) in [4.78, 5) is 32.2. The number of nitrogens with one attached hydrogen (secondary N) is 1. The minimum atomic E-state index is -0.382. The Morgan fingerprint density at radius 1 is 1.12 bits per heavy atom. The molecule has 0 aliphatic carbocycles. The molecule has 1 aliphatic heterocycles. The molecule has 2 N–H and O–H groups in total. The molecule has 1 aromatic heterocycles. The van der Waals surface area contributed by atoms with Gasteiger partial charge in [-0.25, -0.2) is 4.79 Å². The zero-order valence-corrected chi connectivity index (χ0v) is 18.3. The second kappa shape index (κ2) is 9.36. The van der Waals surface area contributed by atoms with Crippen LogP contribution in [0.15, 0.2) is 48.5 Å². The Morgan fingerprint density at radius 2 is 1.81 bits per heavy atom. The van der Waals surface area contributed by atoms with Crippen molar-refractivity contribution in [2.75, 3.05) is 25.5 Å². The smallest absolute Gasteiger partial charge is 0.340 e. The van der Waals surface area contributed by atoms with Crippen LogP contribution in [0, 0.1) is 12.8 Å². The largest absolute Gasteiger partial charge is 0.506 e. The average molecular weight is 434 g/mol. The van der Waals surface area contributed by atoms with Gasteiger partial charge >= 0.3 is 5.97 Å². The third kappa shape index (κ3) is 4.43. The van der Waals surface area contributed by atoms with Crippen LogP contribution in [-0.4, -0.2) is 47.1 Å². The fraction of sp³-hybridized carbons (Fsp3) is 0.320. The number of likely N-dealkylation sites (tertiary alicyclic amines) is 1. The minimum Gasteiger partial charge on any atom is -0.506 e. The van der Waals surface area contributed by atoms with Gasteiger partial charge in [0.1, 0.15) is 5.75 Å². The molecule has 0 spiro atoms. The zero-order chi connectivity index (χ0) is 22.7. The van der Waals surface area contributed by atoms with E-state index in [9.17, 15) is 14.7 Å². The lowest BCUT2D eigenvalue weighted by molar-refractivity contribution is -0.121. The van der Waals surface area contributed by atoms with Crippen LogP contribution in [0.5, 0.6) is 5.75 Å². The standard InChI is InChI=1S/C25H27N3O4/c1-16-18-7-3-4-8-19(18)26-21(23(16)25(31)32-2)15-28-13-11-17(12-14-28)24(30)27-20-9-5-6-10-22(20)29/h3-10,17,29H,11-15H2,1-2H3,(H,27,30). The van der Waals surface area contributed by atoms with Gasteiger partial charge in [-0.15, -0.1) is 0 Å². The second-order valence-corrected chi connectivity index (χ2v) is 8.12. The van der Waals surface area contributed by atoms with Gasteiger partial charge in [0.2, 0.25) is 5.91 Å². The molecule has 3 aromatic rings. The molecular weight excluding hydrogens is 406 g/mol. The molecule has 4 rings (SSSR count). The van der Waals surface area contributed by atoms with E-state index in [1.807, 2.05) is 31.2 Å². The van der Waals surface area contributed by atoms with E-state index in [2.05, 4.69) is 10.2 Å². The van der Waals surface area contributed by atoms with Crippen LogP contribution in [0.4, 0.5) is 5.69 Å². The first-order chi connectivity index (χ1) is 15.5. The number of piperidine rings is 1.